The summed E-state index contributed by atoms with van der Waals surface area (Å²) < 4.78 is 1.37. The Bertz CT molecular complexity index is 509. The predicted octanol–water partition coefficient (Wildman–Crippen LogP) is 1.45. The van der Waals surface area contributed by atoms with Gasteiger partial charge in [0.05, 0.1) is 11.0 Å². The van der Waals surface area contributed by atoms with Crippen molar-refractivity contribution >= 4 is 16.9 Å². The molecular weight excluding hydrogens is 192 g/mol. The smallest absolute Gasteiger partial charge is 0.263 e. The number of benzene rings is 1. The average Bonchev–Trinajstić information content (AvgIpc) is 2.58. The number of carbonyl (C=O) groups is 1. The van der Waals surface area contributed by atoms with Gasteiger partial charge in [0.15, 0.2) is 0 Å². The summed E-state index contributed by atoms with van der Waals surface area (Å²) in [6.07, 6.45) is 1.44. The number of carbonyl (C=O) groups excluding carboxylic acids is 1. The highest BCUT2D eigenvalue weighted by Gasteiger charge is 2.26. The van der Waals surface area contributed by atoms with Crippen molar-refractivity contribution in [3.05, 3.63) is 30.6 Å². The number of hydrogen-bond acceptors (Lipinski definition) is 3. The van der Waals surface area contributed by atoms with Crippen molar-refractivity contribution in [3.63, 3.8) is 0 Å². The molecule has 0 bridgehead atoms. The van der Waals surface area contributed by atoms with E-state index in [-0.39, 0.29) is 5.91 Å². The van der Waals surface area contributed by atoms with Crippen LogP contribution in [0.15, 0.2) is 30.6 Å². The van der Waals surface area contributed by atoms with Gasteiger partial charge < -0.3 is 5.11 Å². The molecule has 1 N–H and O–H groups in total. The molecule has 0 aliphatic heterocycles. The van der Waals surface area contributed by atoms with Crippen LogP contribution in [0.3, 0.4) is 0 Å². The molecule has 78 valence electrons. The van der Waals surface area contributed by atoms with E-state index in [2.05, 4.69) is 4.98 Å². The van der Waals surface area contributed by atoms with E-state index in [0.717, 1.165) is 5.52 Å². The van der Waals surface area contributed by atoms with Crippen molar-refractivity contribution in [1.29, 1.82) is 0 Å². The van der Waals surface area contributed by atoms with Crippen LogP contribution in [0.5, 0.6) is 0 Å². The van der Waals surface area contributed by atoms with Crippen LogP contribution in [0.25, 0.3) is 11.0 Å². The molecule has 0 aliphatic rings. The lowest BCUT2D eigenvalue weighted by Gasteiger charge is -2.15. The van der Waals surface area contributed by atoms with Gasteiger partial charge in [-0.25, -0.2) is 4.98 Å². The highest BCUT2D eigenvalue weighted by atomic mass is 16.3. The first kappa shape index (κ1) is 9.86. The molecule has 0 aliphatic carbocycles. The summed E-state index contributed by atoms with van der Waals surface area (Å²) in [5, 5.41) is 9.62. The molecule has 0 unspecified atom stereocenters. The van der Waals surface area contributed by atoms with Crippen LogP contribution < -0.4 is 0 Å². The van der Waals surface area contributed by atoms with Crippen LogP contribution >= 0.6 is 0 Å². The van der Waals surface area contributed by atoms with Crippen molar-refractivity contribution < 1.29 is 9.90 Å². The normalized spacial score (nSPS) is 11.9. The van der Waals surface area contributed by atoms with Crippen molar-refractivity contribution in [2.45, 2.75) is 19.4 Å². The molecule has 0 amide bonds. The van der Waals surface area contributed by atoms with Crippen LogP contribution in [-0.4, -0.2) is 26.2 Å². The first-order valence-electron chi connectivity index (χ1n) is 4.69. The first-order chi connectivity index (χ1) is 7.00. The van der Waals surface area contributed by atoms with Crippen LogP contribution in [0.1, 0.15) is 18.6 Å². The van der Waals surface area contributed by atoms with Gasteiger partial charge in [0.25, 0.3) is 5.91 Å². The van der Waals surface area contributed by atoms with Gasteiger partial charge in [-0.15, -0.1) is 0 Å². The molecule has 0 fully saturated rings. The number of nitrogens with zero attached hydrogens (tertiary/aromatic N) is 2. The molecule has 1 heterocycles. The average molecular weight is 204 g/mol. The summed E-state index contributed by atoms with van der Waals surface area (Å²) in [7, 11) is 0. The highest BCUT2D eigenvalue weighted by Crippen LogP contribution is 2.15. The molecule has 0 atom stereocenters. The van der Waals surface area contributed by atoms with Crippen LogP contribution in [0.4, 0.5) is 0 Å². The summed E-state index contributed by atoms with van der Waals surface area (Å²) in [4.78, 5) is 15.9. The molecule has 1 aromatic heterocycles. The number of para-hydroxylation sites is 2. The van der Waals surface area contributed by atoms with E-state index in [1.807, 2.05) is 18.2 Å². The molecule has 0 radical (unpaired) electrons. The fourth-order valence-electron chi connectivity index (χ4n) is 1.42. The van der Waals surface area contributed by atoms with E-state index in [1.165, 1.54) is 24.7 Å². The molecule has 4 nitrogen and oxygen atoms in total. The predicted molar refractivity (Wildman–Crippen MR) is 56.7 cm³/mol. The van der Waals surface area contributed by atoms with Gasteiger partial charge in [0, 0.05) is 0 Å². The number of imidazole rings is 1. The minimum Gasteiger partial charge on any atom is -0.381 e. The summed E-state index contributed by atoms with van der Waals surface area (Å²) in [5.74, 6) is -0.379. The first-order valence-corrected chi connectivity index (χ1v) is 4.69. The van der Waals surface area contributed by atoms with Gasteiger partial charge in [-0.3, -0.25) is 9.36 Å². The van der Waals surface area contributed by atoms with Gasteiger partial charge in [0.1, 0.15) is 11.9 Å². The third-order valence-corrected chi connectivity index (χ3v) is 2.20. The zero-order valence-corrected chi connectivity index (χ0v) is 8.64. The van der Waals surface area contributed by atoms with E-state index >= 15 is 0 Å². The van der Waals surface area contributed by atoms with Gasteiger partial charge in [-0.05, 0) is 26.0 Å². The van der Waals surface area contributed by atoms with Gasteiger partial charge >= 0.3 is 0 Å². The number of aliphatic hydroxyl groups is 1. The van der Waals surface area contributed by atoms with E-state index < -0.39 is 5.60 Å². The van der Waals surface area contributed by atoms with Crippen molar-refractivity contribution in [3.8, 4) is 0 Å². The molecule has 1 aromatic carbocycles. The van der Waals surface area contributed by atoms with Crippen molar-refractivity contribution in [2.24, 2.45) is 0 Å². The SMILES string of the molecule is CC(C)(O)C(=O)n1cnc2ccccc21. The quantitative estimate of drug-likeness (QED) is 0.764. The van der Waals surface area contributed by atoms with Crippen LogP contribution in [-0.2, 0) is 0 Å². The third kappa shape index (κ3) is 1.64. The number of rotatable bonds is 1. The zero-order valence-electron chi connectivity index (χ0n) is 8.64. The van der Waals surface area contributed by atoms with E-state index in [9.17, 15) is 9.90 Å². The Morgan fingerprint density at radius 3 is 2.73 bits per heavy atom. The zero-order chi connectivity index (χ0) is 11.1. The maximum Gasteiger partial charge on any atom is 0.263 e. The molecule has 2 rings (SSSR count). The van der Waals surface area contributed by atoms with Crippen LogP contribution in [0, 0.1) is 0 Å². The third-order valence-electron chi connectivity index (χ3n) is 2.20. The lowest BCUT2D eigenvalue weighted by atomic mass is 10.1. The topological polar surface area (TPSA) is 55.1 Å². The van der Waals surface area contributed by atoms with E-state index in [0.29, 0.717) is 5.52 Å². The Hall–Kier alpha value is -1.68. The Morgan fingerprint density at radius 1 is 1.40 bits per heavy atom. The van der Waals surface area contributed by atoms with Gasteiger partial charge in [-0.2, -0.15) is 0 Å². The maximum atomic E-state index is 11.8. The molecular formula is C11H12N2O2. The Balaban J connectivity index is 2.58. The van der Waals surface area contributed by atoms with Crippen molar-refractivity contribution in [2.75, 3.05) is 0 Å². The van der Waals surface area contributed by atoms with Crippen LogP contribution in [0.2, 0.25) is 0 Å². The Morgan fingerprint density at radius 2 is 2.07 bits per heavy atom. The number of hydrogen-bond donors (Lipinski definition) is 1. The lowest BCUT2D eigenvalue weighted by molar-refractivity contribution is 0.0397. The van der Waals surface area contributed by atoms with Gasteiger partial charge in [0.2, 0.25) is 0 Å². The maximum absolute atomic E-state index is 11.8. The second kappa shape index (κ2) is 3.17. The molecule has 0 saturated carbocycles. The lowest BCUT2D eigenvalue weighted by Crippen LogP contribution is -2.35. The van der Waals surface area contributed by atoms with Gasteiger partial charge in [-0.1, -0.05) is 12.1 Å². The summed E-state index contributed by atoms with van der Waals surface area (Å²) in [6.45, 7) is 2.92. The second-order valence-corrected chi connectivity index (χ2v) is 3.97. The minimum atomic E-state index is -1.39. The summed E-state index contributed by atoms with van der Waals surface area (Å²) >= 11 is 0. The number of fused-ring (bicyclic) bond motifs is 1. The molecule has 2 aromatic rings. The molecule has 0 saturated heterocycles. The highest BCUT2D eigenvalue weighted by molar-refractivity contribution is 5.94. The standard InChI is InChI=1S/C11H12N2O2/c1-11(2,15)10(14)13-7-12-8-5-3-4-6-9(8)13/h3-7,15H,1-2H3. The molecule has 0 spiro atoms. The number of aromatic nitrogens is 2. The van der Waals surface area contributed by atoms with E-state index in [1.54, 1.807) is 6.07 Å². The Kier molecular flexibility index (Phi) is 2.08. The largest absolute Gasteiger partial charge is 0.381 e. The fourth-order valence-corrected chi connectivity index (χ4v) is 1.42. The summed E-state index contributed by atoms with van der Waals surface area (Å²) in [6, 6.07) is 7.31. The monoisotopic (exact) mass is 204 g/mol. The van der Waals surface area contributed by atoms with E-state index in [4.69, 9.17) is 0 Å². The summed E-state index contributed by atoms with van der Waals surface area (Å²) in [5.41, 5.74) is 0.0726. The minimum absolute atomic E-state index is 0.379. The van der Waals surface area contributed by atoms with Crippen molar-refractivity contribution in [1.82, 2.24) is 9.55 Å². The fraction of sp³-hybridized carbons (Fsp3) is 0.273. The second-order valence-electron chi connectivity index (χ2n) is 3.97. The molecule has 4 heteroatoms. The molecule has 15 heavy (non-hydrogen) atoms. The Labute approximate surface area is 87.2 Å².